The Bertz CT molecular complexity index is 1090. The van der Waals surface area contributed by atoms with Crippen LogP contribution in [0.25, 0.3) is 0 Å². The van der Waals surface area contributed by atoms with E-state index in [-0.39, 0.29) is 17.0 Å². The molecule has 5 nitrogen and oxygen atoms in total. The van der Waals surface area contributed by atoms with Gasteiger partial charge >= 0.3 is 0 Å². The zero-order chi connectivity index (χ0) is 22.6. The highest BCUT2D eigenvalue weighted by molar-refractivity contribution is 6.31. The predicted molar refractivity (Wildman–Crippen MR) is 122 cm³/mol. The highest BCUT2D eigenvalue weighted by Gasteiger charge is 2.66. The Hall–Kier alpha value is -1.99. The maximum Gasteiger partial charge on any atom is 0.250 e. The molecule has 1 saturated carbocycles. The number of fused-ring (bicyclic) bond motifs is 2. The third-order valence-corrected chi connectivity index (χ3v) is 7.69. The smallest absolute Gasteiger partial charge is 0.250 e. The van der Waals surface area contributed by atoms with Crippen molar-refractivity contribution in [1.29, 1.82) is 0 Å². The summed E-state index contributed by atoms with van der Waals surface area (Å²) in [6.07, 6.45) is 3.83. The average molecular weight is 476 g/mol. The molecule has 2 aromatic rings. The largest absolute Gasteiger partial charge is 0.326 e. The summed E-state index contributed by atoms with van der Waals surface area (Å²) in [6.45, 7) is 0.658. The third-order valence-electron chi connectivity index (χ3n) is 7.17. The van der Waals surface area contributed by atoms with Crippen LogP contribution in [-0.2, 0) is 15.1 Å². The number of rotatable bonds is 6. The van der Waals surface area contributed by atoms with Gasteiger partial charge in [-0.25, -0.2) is 4.39 Å². The van der Waals surface area contributed by atoms with Crippen molar-refractivity contribution in [1.82, 2.24) is 4.90 Å². The van der Waals surface area contributed by atoms with Crippen LogP contribution >= 0.6 is 23.2 Å². The molecule has 168 valence electrons. The van der Waals surface area contributed by atoms with E-state index in [1.165, 1.54) is 6.07 Å². The van der Waals surface area contributed by atoms with Crippen molar-refractivity contribution in [3.8, 4) is 0 Å². The van der Waals surface area contributed by atoms with E-state index < -0.39 is 23.3 Å². The number of carbonyl (C=O) groups excluding carboxylic acids is 2. The van der Waals surface area contributed by atoms with E-state index in [1.54, 1.807) is 24.3 Å². The SMILES string of the molecule is N[C@@H]1[C@H](CCC=O)N(CC2CC2)[C@@]2(C(=O)Nc3cc(Cl)ccc32)[C@H]1c1cccc(Cl)c1F. The molecule has 2 aliphatic heterocycles. The fraction of sp³-hybridized carbons (Fsp3) is 0.417. The second-order valence-electron chi connectivity index (χ2n) is 9.02. The van der Waals surface area contributed by atoms with Crippen molar-refractivity contribution in [2.24, 2.45) is 11.7 Å². The Labute approximate surface area is 196 Å². The molecule has 3 N–H and O–H groups in total. The Kier molecular flexibility index (Phi) is 5.53. The number of carbonyl (C=O) groups is 2. The first-order valence-corrected chi connectivity index (χ1v) is 11.7. The molecular formula is C24H24Cl2FN3O2. The molecule has 0 bridgehead atoms. The molecule has 1 saturated heterocycles. The molecule has 8 heteroatoms. The Morgan fingerprint density at radius 2 is 2.03 bits per heavy atom. The van der Waals surface area contributed by atoms with Gasteiger partial charge in [0.15, 0.2) is 0 Å². The molecule has 0 unspecified atom stereocenters. The number of hydrogen-bond acceptors (Lipinski definition) is 4. The molecule has 0 aromatic heterocycles. The van der Waals surface area contributed by atoms with Gasteiger partial charge in [0.25, 0.3) is 0 Å². The fourth-order valence-corrected chi connectivity index (χ4v) is 6.03. The average Bonchev–Trinajstić information content (AvgIpc) is 3.49. The molecule has 2 heterocycles. The summed E-state index contributed by atoms with van der Waals surface area (Å²) in [6, 6.07) is 9.28. The lowest BCUT2D eigenvalue weighted by Gasteiger charge is -2.40. The van der Waals surface area contributed by atoms with Crippen LogP contribution in [0.1, 0.15) is 42.7 Å². The molecule has 1 spiro atoms. The molecule has 2 fully saturated rings. The molecule has 0 radical (unpaired) electrons. The van der Waals surface area contributed by atoms with E-state index in [0.717, 1.165) is 24.7 Å². The number of nitrogens with two attached hydrogens (primary N) is 1. The maximum atomic E-state index is 15.4. The lowest BCUT2D eigenvalue weighted by Crippen LogP contribution is -2.52. The van der Waals surface area contributed by atoms with Crippen LogP contribution in [0.5, 0.6) is 0 Å². The molecule has 5 rings (SSSR count). The van der Waals surface area contributed by atoms with Crippen LogP contribution in [0.15, 0.2) is 36.4 Å². The van der Waals surface area contributed by atoms with Crippen LogP contribution in [0.3, 0.4) is 0 Å². The predicted octanol–water partition coefficient (Wildman–Crippen LogP) is 4.46. The van der Waals surface area contributed by atoms with Gasteiger partial charge in [0.05, 0.1) is 5.02 Å². The molecule has 1 aliphatic carbocycles. The molecule has 4 atom stereocenters. The summed E-state index contributed by atoms with van der Waals surface area (Å²) in [5.41, 5.74) is 7.29. The highest BCUT2D eigenvalue weighted by Crippen LogP contribution is 2.58. The van der Waals surface area contributed by atoms with Gasteiger partial charge in [0.2, 0.25) is 5.91 Å². The van der Waals surface area contributed by atoms with Crippen molar-refractivity contribution >= 4 is 41.1 Å². The molecule has 1 amide bonds. The highest BCUT2D eigenvalue weighted by atomic mass is 35.5. The van der Waals surface area contributed by atoms with Crippen molar-refractivity contribution in [2.75, 3.05) is 11.9 Å². The molecule has 32 heavy (non-hydrogen) atoms. The quantitative estimate of drug-likeness (QED) is 0.604. The number of anilines is 1. The summed E-state index contributed by atoms with van der Waals surface area (Å²) >= 11 is 12.4. The summed E-state index contributed by atoms with van der Waals surface area (Å²) in [4.78, 5) is 27.2. The Morgan fingerprint density at radius 1 is 1.25 bits per heavy atom. The normalized spacial score (nSPS) is 29.4. The van der Waals surface area contributed by atoms with E-state index in [0.29, 0.717) is 41.6 Å². The Balaban J connectivity index is 1.76. The lowest BCUT2D eigenvalue weighted by molar-refractivity contribution is -0.128. The zero-order valence-electron chi connectivity index (χ0n) is 17.4. The number of halogens is 3. The van der Waals surface area contributed by atoms with Gasteiger partial charge in [0.1, 0.15) is 17.6 Å². The second-order valence-corrected chi connectivity index (χ2v) is 9.86. The molecular weight excluding hydrogens is 452 g/mol. The van der Waals surface area contributed by atoms with E-state index in [9.17, 15) is 9.59 Å². The summed E-state index contributed by atoms with van der Waals surface area (Å²) in [5, 5.41) is 3.47. The van der Waals surface area contributed by atoms with Crippen LogP contribution < -0.4 is 11.1 Å². The second kappa shape index (κ2) is 8.10. The van der Waals surface area contributed by atoms with Gasteiger partial charge in [-0.3, -0.25) is 9.69 Å². The standard InChI is InChI=1S/C24H24Cl2FN3O2/c25-14-8-9-16-18(11-14)29-23(32)24(16)20(15-3-1-4-17(26)21(15)27)22(28)19(5-2-10-31)30(24)12-13-6-7-13/h1,3-4,8-11,13,19-20,22H,2,5-7,12,28H2,(H,29,32)/t19-,20-,22+,24+/m0/s1. The monoisotopic (exact) mass is 475 g/mol. The van der Waals surface area contributed by atoms with Gasteiger partial charge in [-0.2, -0.15) is 0 Å². The minimum absolute atomic E-state index is 0.00957. The van der Waals surface area contributed by atoms with Crippen molar-refractivity contribution < 1.29 is 14.0 Å². The van der Waals surface area contributed by atoms with Crippen LogP contribution in [0, 0.1) is 11.7 Å². The number of aldehydes is 1. The van der Waals surface area contributed by atoms with Crippen LogP contribution in [0.4, 0.5) is 10.1 Å². The van der Waals surface area contributed by atoms with Gasteiger partial charge in [-0.15, -0.1) is 0 Å². The van der Waals surface area contributed by atoms with Gasteiger partial charge in [-0.1, -0.05) is 41.4 Å². The van der Waals surface area contributed by atoms with E-state index >= 15 is 4.39 Å². The van der Waals surface area contributed by atoms with Gasteiger partial charge < -0.3 is 15.8 Å². The first-order valence-electron chi connectivity index (χ1n) is 10.9. The zero-order valence-corrected chi connectivity index (χ0v) is 18.9. The van der Waals surface area contributed by atoms with Crippen molar-refractivity contribution in [2.45, 2.75) is 49.2 Å². The van der Waals surface area contributed by atoms with Crippen molar-refractivity contribution in [3.63, 3.8) is 0 Å². The summed E-state index contributed by atoms with van der Waals surface area (Å²) < 4.78 is 15.4. The number of amides is 1. The number of nitrogens with one attached hydrogen (secondary N) is 1. The summed E-state index contributed by atoms with van der Waals surface area (Å²) in [7, 11) is 0. The van der Waals surface area contributed by atoms with Gasteiger partial charge in [0, 0.05) is 47.2 Å². The van der Waals surface area contributed by atoms with E-state index in [1.807, 2.05) is 6.07 Å². The van der Waals surface area contributed by atoms with Crippen LogP contribution in [-0.4, -0.2) is 35.7 Å². The van der Waals surface area contributed by atoms with Gasteiger partial charge in [-0.05, 0) is 48.9 Å². The first kappa shape index (κ1) is 21.8. The third kappa shape index (κ3) is 3.19. The topological polar surface area (TPSA) is 75.4 Å². The van der Waals surface area contributed by atoms with Crippen LogP contribution in [0.2, 0.25) is 10.0 Å². The molecule has 2 aromatic carbocycles. The molecule has 3 aliphatic rings. The maximum absolute atomic E-state index is 15.4. The fourth-order valence-electron chi connectivity index (χ4n) is 5.67. The van der Waals surface area contributed by atoms with Crippen molar-refractivity contribution in [3.05, 3.63) is 63.4 Å². The minimum atomic E-state index is -1.21. The van der Waals surface area contributed by atoms with E-state index in [2.05, 4.69) is 10.2 Å². The number of hydrogen-bond donors (Lipinski definition) is 2. The number of benzene rings is 2. The number of likely N-dealkylation sites (tertiary alicyclic amines) is 1. The Morgan fingerprint density at radius 3 is 2.75 bits per heavy atom. The lowest BCUT2D eigenvalue weighted by atomic mass is 9.73. The summed E-state index contributed by atoms with van der Waals surface area (Å²) in [5.74, 6) is -1.04. The number of nitrogens with zero attached hydrogens (tertiary/aromatic N) is 1. The first-order chi connectivity index (χ1) is 15.4. The van der Waals surface area contributed by atoms with E-state index in [4.69, 9.17) is 28.9 Å². The minimum Gasteiger partial charge on any atom is -0.326 e.